The van der Waals surface area contributed by atoms with Crippen LogP contribution in [0, 0.1) is 0 Å². The lowest BCUT2D eigenvalue weighted by Crippen LogP contribution is -2.35. The fourth-order valence-electron chi connectivity index (χ4n) is 3.69. The molecule has 8 nitrogen and oxygen atoms in total. The zero-order chi connectivity index (χ0) is 24.7. The van der Waals surface area contributed by atoms with Gasteiger partial charge >= 0.3 is 6.09 Å². The number of benzene rings is 2. The quantitative estimate of drug-likeness (QED) is 0.471. The Kier molecular flexibility index (Phi) is 8.79. The fourth-order valence-corrected chi connectivity index (χ4v) is 4.48. The fraction of sp³-hybridized carbons (Fsp3) is 0.480. The number of hydrogen-bond acceptors (Lipinski definition) is 6. The maximum absolute atomic E-state index is 12.1. The summed E-state index contributed by atoms with van der Waals surface area (Å²) < 4.78 is 41.9. The Morgan fingerprint density at radius 1 is 1.03 bits per heavy atom. The molecule has 9 heteroatoms. The summed E-state index contributed by atoms with van der Waals surface area (Å²) in [5.41, 5.74) is 3.13. The van der Waals surface area contributed by atoms with Gasteiger partial charge in [0, 0.05) is 26.2 Å². The normalized spacial score (nSPS) is 13.9. The molecule has 0 radical (unpaired) electrons. The molecule has 0 bridgehead atoms. The first-order valence-corrected chi connectivity index (χ1v) is 13.4. The third-order valence-corrected chi connectivity index (χ3v) is 6.77. The number of carbonyl (C=O) groups is 1. The third kappa shape index (κ3) is 7.36. The number of ether oxygens (including phenoxy) is 3. The first-order valence-electron chi connectivity index (χ1n) is 11.5. The van der Waals surface area contributed by atoms with E-state index in [1.165, 1.54) is 10.6 Å². The molecule has 2 aromatic rings. The van der Waals surface area contributed by atoms with Crippen LogP contribution in [0.15, 0.2) is 42.5 Å². The van der Waals surface area contributed by atoms with Crippen molar-refractivity contribution >= 4 is 16.1 Å². The van der Waals surface area contributed by atoms with Crippen molar-refractivity contribution in [3.05, 3.63) is 59.2 Å². The number of nitrogens with zero attached hydrogens (tertiary/aromatic N) is 2. The first-order chi connectivity index (χ1) is 16.2. The molecule has 0 aromatic heterocycles. The molecule has 0 aliphatic carbocycles. The van der Waals surface area contributed by atoms with Crippen LogP contribution in [0.4, 0.5) is 4.79 Å². The Balaban J connectivity index is 1.44. The van der Waals surface area contributed by atoms with Crippen molar-refractivity contribution in [2.24, 2.45) is 0 Å². The molecule has 0 saturated heterocycles. The van der Waals surface area contributed by atoms with Crippen molar-refractivity contribution in [3.8, 4) is 11.5 Å². The second kappa shape index (κ2) is 11.6. The lowest BCUT2D eigenvalue weighted by atomic mass is 10.0. The maximum atomic E-state index is 12.1. The lowest BCUT2D eigenvalue weighted by molar-refractivity contribution is 0.0762. The molecule has 0 saturated carbocycles. The van der Waals surface area contributed by atoms with Crippen molar-refractivity contribution in [1.82, 2.24) is 9.21 Å². The molecular formula is C25H34N2O6S. The molecular weight excluding hydrogens is 456 g/mol. The molecule has 0 N–H and O–H groups in total. The third-order valence-electron chi connectivity index (χ3n) is 5.52. The van der Waals surface area contributed by atoms with E-state index < -0.39 is 10.0 Å². The predicted octanol–water partition coefficient (Wildman–Crippen LogP) is 3.83. The minimum Gasteiger partial charge on any atom is -0.490 e. The SMILES string of the molecule is CCN(Cc1ccc(OCCOc2ccc3c(c2)CCN(S(C)(=O)=O)C3)cc1)C(=O)OC(C)C. The summed E-state index contributed by atoms with van der Waals surface area (Å²) in [6, 6.07) is 13.4. The summed E-state index contributed by atoms with van der Waals surface area (Å²) in [5, 5.41) is 0. The smallest absolute Gasteiger partial charge is 0.410 e. The van der Waals surface area contributed by atoms with Gasteiger partial charge in [0.25, 0.3) is 0 Å². The van der Waals surface area contributed by atoms with E-state index in [0.717, 1.165) is 28.2 Å². The van der Waals surface area contributed by atoms with Crippen molar-refractivity contribution in [2.45, 2.75) is 46.4 Å². The molecule has 0 atom stereocenters. The number of amides is 1. The number of carbonyl (C=O) groups excluding carboxylic acids is 1. The maximum Gasteiger partial charge on any atom is 0.410 e. The minimum absolute atomic E-state index is 0.147. The average molecular weight is 491 g/mol. The Labute approximate surface area is 202 Å². The van der Waals surface area contributed by atoms with Crippen LogP contribution in [0.3, 0.4) is 0 Å². The molecule has 2 aromatic carbocycles. The van der Waals surface area contributed by atoms with Gasteiger partial charge in [-0.2, -0.15) is 4.31 Å². The summed E-state index contributed by atoms with van der Waals surface area (Å²) in [6.45, 7) is 8.31. The van der Waals surface area contributed by atoms with E-state index in [-0.39, 0.29) is 12.2 Å². The van der Waals surface area contributed by atoms with Crippen molar-refractivity contribution in [1.29, 1.82) is 0 Å². The molecule has 186 valence electrons. The molecule has 3 rings (SSSR count). The highest BCUT2D eigenvalue weighted by atomic mass is 32.2. The average Bonchev–Trinajstić information content (AvgIpc) is 2.79. The van der Waals surface area contributed by atoms with Gasteiger partial charge in [0.05, 0.1) is 12.4 Å². The van der Waals surface area contributed by atoms with E-state index in [9.17, 15) is 13.2 Å². The second-order valence-corrected chi connectivity index (χ2v) is 10.5. The van der Waals surface area contributed by atoms with E-state index in [2.05, 4.69) is 0 Å². The van der Waals surface area contributed by atoms with Crippen molar-refractivity contribution < 1.29 is 27.4 Å². The molecule has 1 heterocycles. The first kappa shape index (κ1) is 25.8. The van der Waals surface area contributed by atoms with Gasteiger partial charge in [-0.3, -0.25) is 0 Å². The number of hydrogen-bond donors (Lipinski definition) is 0. The number of fused-ring (bicyclic) bond motifs is 1. The monoisotopic (exact) mass is 490 g/mol. The van der Waals surface area contributed by atoms with E-state index in [1.54, 1.807) is 4.90 Å². The Morgan fingerprint density at radius 3 is 2.29 bits per heavy atom. The highest BCUT2D eigenvalue weighted by molar-refractivity contribution is 7.88. The molecule has 1 aliphatic rings. The topological polar surface area (TPSA) is 85.4 Å². The molecule has 0 unspecified atom stereocenters. The van der Waals surface area contributed by atoms with Crippen LogP contribution in [-0.4, -0.2) is 62.4 Å². The largest absolute Gasteiger partial charge is 0.490 e. The van der Waals surface area contributed by atoms with Gasteiger partial charge in [0.1, 0.15) is 24.7 Å². The van der Waals surface area contributed by atoms with Gasteiger partial charge < -0.3 is 19.1 Å². The summed E-state index contributed by atoms with van der Waals surface area (Å²) in [4.78, 5) is 13.8. The molecule has 0 fully saturated rings. The Hall–Kier alpha value is -2.78. The molecule has 34 heavy (non-hydrogen) atoms. The van der Waals surface area contributed by atoms with Crippen molar-refractivity contribution in [3.63, 3.8) is 0 Å². The Morgan fingerprint density at radius 2 is 1.68 bits per heavy atom. The summed E-state index contributed by atoms with van der Waals surface area (Å²) in [5.74, 6) is 1.48. The van der Waals surface area contributed by atoms with Crippen LogP contribution in [0.2, 0.25) is 0 Å². The minimum atomic E-state index is -3.18. The van der Waals surface area contributed by atoms with Gasteiger partial charge in [-0.15, -0.1) is 0 Å². The summed E-state index contributed by atoms with van der Waals surface area (Å²) in [6.07, 6.45) is 1.45. The molecule has 1 amide bonds. The van der Waals surface area contributed by atoms with E-state index in [1.807, 2.05) is 63.2 Å². The van der Waals surface area contributed by atoms with Crippen LogP contribution in [0.25, 0.3) is 0 Å². The van der Waals surface area contributed by atoms with Gasteiger partial charge in [0.2, 0.25) is 10.0 Å². The summed E-state index contributed by atoms with van der Waals surface area (Å²) >= 11 is 0. The van der Waals surface area contributed by atoms with Gasteiger partial charge in [-0.05, 0) is 68.1 Å². The van der Waals surface area contributed by atoms with Crippen LogP contribution < -0.4 is 9.47 Å². The lowest BCUT2D eigenvalue weighted by Gasteiger charge is -2.27. The molecule has 0 spiro atoms. The standard InChI is InChI=1S/C25H34N2O6S/c1-5-26(25(28)33-19(2)3)17-20-6-9-23(10-7-20)31-14-15-32-24-11-8-22-18-27(34(4,29)30)13-12-21(22)16-24/h6-11,16,19H,5,12-15,17-18H2,1-4H3. The van der Waals surface area contributed by atoms with Crippen LogP contribution >= 0.6 is 0 Å². The van der Waals surface area contributed by atoms with Gasteiger partial charge in [-0.25, -0.2) is 13.2 Å². The van der Waals surface area contributed by atoms with E-state index >= 15 is 0 Å². The number of rotatable bonds is 10. The zero-order valence-electron chi connectivity index (χ0n) is 20.3. The van der Waals surface area contributed by atoms with Crippen LogP contribution in [0.1, 0.15) is 37.5 Å². The van der Waals surface area contributed by atoms with Crippen LogP contribution in [0.5, 0.6) is 11.5 Å². The second-order valence-electron chi connectivity index (χ2n) is 8.56. The highest BCUT2D eigenvalue weighted by Crippen LogP contribution is 2.25. The predicted molar refractivity (Wildman–Crippen MR) is 131 cm³/mol. The Bertz CT molecular complexity index is 1070. The number of sulfonamides is 1. The van der Waals surface area contributed by atoms with Crippen LogP contribution in [-0.2, 0) is 34.3 Å². The molecule has 1 aliphatic heterocycles. The van der Waals surface area contributed by atoms with Gasteiger partial charge in [0.15, 0.2) is 0 Å². The van der Waals surface area contributed by atoms with E-state index in [4.69, 9.17) is 14.2 Å². The summed E-state index contributed by atoms with van der Waals surface area (Å²) in [7, 11) is -3.18. The zero-order valence-corrected chi connectivity index (χ0v) is 21.1. The van der Waals surface area contributed by atoms with Gasteiger partial charge in [-0.1, -0.05) is 18.2 Å². The van der Waals surface area contributed by atoms with Crippen molar-refractivity contribution in [2.75, 3.05) is 32.6 Å². The van der Waals surface area contributed by atoms with E-state index in [0.29, 0.717) is 45.8 Å². The highest BCUT2D eigenvalue weighted by Gasteiger charge is 2.23.